The summed E-state index contributed by atoms with van der Waals surface area (Å²) < 4.78 is 1.87. The van der Waals surface area contributed by atoms with Gasteiger partial charge in [-0.2, -0.15) is 5.10 Å². The van der Waals surface area contributed by atoms with E-state index in [1.807, 2.05) is 43.8 Å². The van der Waals surface area contributed by atoms with Crippen molar-refractivity contribution in [3.63, 3.8) is 0 Å². The van der Waals surface area contributed by atoms with Crippen LogP contribution >= 0.6 is 11.3 Å². The maximum Gasteiger partial charge on any atom is 0.142 e. The van der Waals surface area contributed by atoms with Crippen LogP contribution in [0.2, 0.25) is 0 Å². The highest BCUT2D eigenvalue weighted by Gasteiger charge is 2.14. The van der Waals surface area contributed by atoms with Gasteiger partial charge in [-0.1, -0.05) is 30.3 Å². The van der Waals surface area contributed by atoms with Crippen LogP contribution in [0.15, 0.2) is 42.7 Å². The van der Waals surface area contributed by atoms with Crippen LogP contribution in [0, 0.1) is 13.8 Å². The second kappa shape index (κ2) is 5.72. The van der Waals surface area contributed by atoms with Crippen molar-refractivity contribution in [2.75, 3.05) is 5.32 Å². The molecule has 0 aliphatic carbocycles. The molecule has 0 unspecified atom stereocenters. The Morgan fingerprint density at radius 2 is 1.88 bits per heavy atom. The van der Waals surface area contributed by atoms with E-state index in [9.17, 15) is 0 Å². The number of fused-ring (bicyclic) bond motifs is 1. The van der Waals surface area contributed by atoms with Gasteiger partial charge in [0.2, 0.25) is 0 Å². The SMILES string of the molecule is Cc1nn(C)c(C)c1Nc1ncnc2sc(-c3ccccc3)cc12. The average molecular weight is 335 g/mol. The van der Waals surface area contributed by atoms with E-state index in [1.54, 1.807) is 17.7 Å². The Bertz CT molecular complexity index is 1020. The Morgan fingerprint density at radius 1 is 1.08 bits per heavy atom. The van der Waals surface area contributed by atoms with Gasteiger partial charge in [-0.25, -0.2) is 9.97 Å². The first kappa shape index (κ1) is 14.8. The van der Waals surface area contributed by atoms with Crippen LogP contribution < -0.4 is 5.32 Å². The van der Waals surface area contributed by atoms with Crippen LogP contribution in [0.3, 0.4) is 0 Å². The summed E-state index contributed by atoms with van der Waals surface area (Å²) in [4.78, 5) is 11.0. The topological polar surface area (TPSA) is 55.6 Å². The summed E-state index contributed by atoms with van der Waals surface area (Å²) in [6, 6.07) is 12.5. The molecule has 0 saturated heterocycles. The summed E-state index contributed by atoms with van der Waals surface area (Å²) in [7, 11) is 1.95. The van der Waals surface area contributed by atoms with E-state index in [-0.39, 0.29) is 0 Å². The quantitative estimate of drug-likeness (QED) is 0.601. The molecule has 0 saturated carbocycles. The number of aryl methyl sites for hydroxylation is 2. The lowest BCUT2D eigenvalue weighted by atomic mass is 10.2. The number of rotatable bonds is 3. The van der Waals surface area contributed by atoms with Crippen LogP contribution in [0.4, 0.5) is 11.5 Å². The van der Waals surface area contributed by atoms with E-state index < -0.39 is 0 Å². The fraction of sp³-hybridized carbons (Fsp3) is 0.167. The number of aromatic nitrogens is 4. The molecule has 5 nitrogen and oxygen atoms in total. The second-order valence-corrected chi connectivity index (χ2v) is 6.74. The molecular weight excluding hydrogens is 318 g/mol. The Labute approximate surface area is 144 Å². The van der Waals surface area contributed by atoms with Gasteiger partial charge in [0.05, 0.1) is 22.5 Å². The van der Waals surface area contributed by atoms with Gasteiger partial charge in [-0.05, 0) is 25.5 Å². The number of nitrogens with zero attached hydrogens (tertiary/aromatic N) is 4. The molecule has 0 amide bonds. The fourth-order valence-electron chi connectivity index (χ4n) is 2.77. The van der Waals surface area contributed by atoms with Gasteiger partial charge >= 0.3 is 0 Å². The normalized spacial score (nSPS) is 11.1. The molecule has 1 N–H and O–H groups in total. The van der Waals surface area contributed by atoms with Crippen LogP contribution in [-0.2, 0) is 7.05 Å². The number of benzene rings is 1. The maximum atomic E-state index is 4.45. The molecular formula is C18H17N5S. The smallest absolute Gasteiger partial charge is 0.142 e. The molecule has 0 bridgehead atoms. The number of hydrogen-bond donors (Lipinski definition) is 1. The van der Waals surface area contributed by atoms with Crippen molar-refractivity contribution in [2.24, 2.45) is 7.05 Å². The lowest BCUT2D eigenvalue weighted by molar-refractivity contribution is 0.731. The van der Waals surface area contributed by atoms with E-state index in [0.29, 0.717) is 0 Å². The van der Waals surface area contributed by atoms with Gasteiger partial charge in [0.1, 0.15) is 17.0 Å². The van der Waals surface area contributed by atoms with Gasteiger partial charge in [-0.15, -0.1) is 11.3 Å². The largest absolute Gasteiger partial charge is 0.337 e. The third kappa shape index (κ3) is 2.45. The van der Waals surface area contributed by atoms with Crippen molar-refractivity contribution < 1.29 is 0 Å². The summed E-state index contributed by atoms with van der Waals surface area (Å²) in [5.41, 5.74) is 4.24. The second-order valence-electron chi connectivity index (χ2n) is 5.71. The van der Waals surface area contributed by atoms with Gasteiger partial charge in [0.15, 0.2) is 0 Å². The van der Waals surface area contributed by atoms with Crippen LogP contribution in [0.25, 0.3) is 20.7 Å². The fourth-order valence-corrected chi connectivity index (χ4v) is 3.78. The van der Waals surface area contributed by atoms with Gasteiger partial charge in [0.25, 0.3) is 0 Å². The van der Waals surface area contributed by atoms with E-state index >= 15 is 0 Å². The van der Waals surface area contributed by atoms with Crippen LogP contribution in [0.5, 0.6) is 0 Å². The average Bonchev–Trinajstić information content (AvgIpc) is 3.13. The Morgan fingerprint density at radius 3 is 2.58 bits per heavy atom. The van der Waals surface area contributed by atoms with Crippen molar-refractivity contribution >= 4 is 33.1 Å². The molecule has 24 heavy (non-hydrogen) atoms. The number of hydrogen-bond acceptors (Lipinski definition) is 5. The van der Waals surface area contributed by atoms with Crippen molar-refractivity contribution in [2.45, 2.75) is 13.8 Å². The molecule has 1 aromatic carbocycles. The van der Waals surface area contributed by atoms with E-state index in [2.05, 4.69) is 38.6 Å². The van der Waals surface area contributed by atoms with Crippen LogP contribution in [0.1, 0.15) is 11.4 Å². The lowest BCUT2D eigenvalue weighted by Gasteiger charge is -2.06. The molecule has 0 aliphatic heterocycles. The van der Waals surface area contributed by atoms with Crippen molar-refractivity contribution in [3.05, 3.63) is 54.1 Å². The van der Waals surface area contributed by atoms with Crippen molar-refractivity contribution in [1.82, 2.24) is 19.7 Å². The van der Waals surface area contributed by atoms with E-state index in [1.165, 1.54) is 10.4 Å². The van der Waals surface area contributed by atoms with E-state index in [0.717, 1.165) is 33.1 Å². The molecule has 0 atom stereocenters. The molecule has 6 heteroatoms. The molecule has 0 spiro atoms. The third-order valence-electron chi connectivity index (χ3n) is 4.14. The van der Waals surface area contributed by atoms with Gasteiger partial charge in [0, 0.05) is 11.9 Å². The Hall–Kier alpha value is -2.73. The molecule has 120 valence electrons. The van der Waals surface area contributed by atoms with E-state index in [4.69, 9.17) is 0 Å². The minimum Gasteiger partial charge on any atom is -0.337 e. The monoisotopic (exact) mass is 335 g/mol. The zero-order valence-electron chi connectivity index (χ0n) is 13.7. The predicted molar refractivity (Wildman–Crippen MR) is 98.8 cm³/mol. The minimum absolute atomic E-state index is 0.817. The highest BCUT2D eigenvalue weighted by atomic mass is 32.1. The molecule has 0 aliphatic rings. The van der Waals surface area contributed by atoms with Gasteiger partial charge < -0.3 is 5.32 Å². The Kier molecular flexibility index (Phi) is 3.54. The number of anilines is 2. The minimum atomic E-state index is 0.817. The van der Waals surface area contributed by atoms with Crippen LogP contribution in [-0.4, -0.2) is 19.7 Å². The highest BCUT2D eigenvalue weighted by molar-refractivity contribution is 7.21. The molecule has 4 aromatic rings. The van der Waals surface area contributed by atoms with Gasteiger partial charge in [-0.3, -0.25) is 4.68 Å². The first-order valence-electron chi connectivity index (χ1n) is 7.70. The number of nitrogens with one attached hydrogen (secondary N) is 1. The summed E-state index contributed by atoms with van der Waals surface area (Å²) in [5, 5.41) is 8.93. The zero-order chi connectivity index (χ0) is 16.7. The van der Waals surface area contributed by atoms with Crippen molar-refractivity contribution in [3.8, 4) is 10.4 Å². The molecule has 0 radical (unpaired) electrons. The standard InChI is InChI=1S/C18H17N5S/c1-11-16(12(2)23(3)22-11)21-17-14-9-15(13-7-5-4-6-8-13)24-18(14)20-10-19-17/h4-10H,1-3H3,(H,19,20,21). The first-order chi connectivity index (χ1) is 11.6. The predicted octanol–water partition coefficient (Wildman–Crippen LogP) is 4.45. The first-order valence-corrected chi connectivity index (χ1v) is 8.52. The highest BCUT2D eigenvalue weighted by Crippen LogP contribution is 2.36. The summed E-state index contributed by atoms with van der Waals surface area (Å²) >= 11 is 1.68. The zero-order valence-corrected chi connectivity index (χ0v) is 14.6. The summed E-state index contributed by atoms with van der Waals surface area (Å²) in [6.45, 7) is 4.04. The molecule has 0 fully saturated rings. The molecule has 3 aromatic heterocycles. The van der Waals surface area contributed by atoms with Crippen molar-refractivity contribution in [1.29, 1.82) is 0 Å². The maximum absolute atomic E-state index is 4.45. The summed E-state index contributed by atoms with van der Waals surface area (Å²) in [6.07, 6.45) is 1.61. The molecule has 4 rings (SSSR count). The Balaban J connectivity index is 1.80. The molecule has 3 heterocycles. The number of thiophene rings is 1. The lowest BCUT2D eigenvalue weighted by Crippen LogP contribution is -1.98. The summed E-state index contributed by atoms with van der Waals surface area (Å²) in [5.74, 6) is 0.817. The third-order valence-corrected chi connectivity index (χ3v) is 5.23.